The minimum absolute atomic E-state index is 0.169. The summed E-state index contributed by atoms with van der Waals surface area (Å²) in [5.74, 6) is -1.10. The topological polar surface area (TPSA) is 70.0 Å². The Bertz CT molecular complexity index is 1240. The molecule has 0 aromatic heterocycles. The number of carboxylic acid groups (broad SMARTS) is 1. The number of aliphatic hydroxyl groups is 1. The second kappa shape index (κ2) is 12.0. The van der Waals surface area contributed by atoms with Crippen LogP contribution in [-0.4, -0.2) is 52.9 Å². The van der Waals surface area contributed by atoms with Crippen LogP contribution >= 0.6 is 0 Å². The third-order valence-electron chi connectivity index (χ3n) is 7.36. The molecule has 0 radical (unpaired) electrons. The lowest BCUT2D eigenvalue weighted by Crippen LogP contribution is -2.39. The highest BCUT2D eigenvalue weighted by atomic mass is 19.1. The molecule has 1 aliphatic heterocycles. The van der Waals surface area contributed by atoms with Crippen LogP contribution in [0.5, 0.6) is 0 Å². The third-order valence-corrected chi connectivity index (χ3v) is 7.36. The van der Waals surface area contributed by atoms with E-state index in [2.05, 4.69) is 4.90 Å². The number of β-amino-alcohol motifs (C(OH)–C–C–N with tert-alkyl or cyclic N) is 1. The molecule has 1 aliphatic rings. The molecule has 37 heavy (non-hydrogen) atoms. The van der Waals surface area contributed by atoms with Crippen LogP contribution in [0.15, 0.2) is 60.7 Å². The molecule has 5 nitrogen and oxygen atoms in total. The number of carboxylic acids is 1. The fourth-order valence-electron chi connectivity index (χ4n) is 5.26. The van der Waals surface area contributed by atoms with Crippen molar-refractivity contribution >= 4 is 5.97 Å². The Morgan fingerprint density at radius 2 is 1.89 bits per heavy atom. The van der Waals surface area contributed by atoms with E-state index in [9.17, 15) is 19.4 Å². The highest BCUT2D eigenvalue weighted by Crippen LogP contribution is 2.31. The number of benzene rings is 3. The molecule has 3 atom stereocenters. The van der Waals surface area contributed by atoms with Crippen LogP contribution in [0, 0.1) is 19.7 Å². The molecule has 2 N–H and O–H groups in total. The number of aliphatic hydroxyl groups excluding tert-OH is 1. The van der Waals surface area contributed by atoms with Crippen molar-refractivity contribution in [1.82, 2.24) is 4.90 Å². The van der Waals surface area contributed by atoms with Crippen molar-refractivity contribution in [1.29, 1.82) is 0 Å². The van der Waals surface area contributed by atoms with E-state index in [1.54, 1.807) is 26.0 Å². The third kappa shape index (κ3) is 6.63. The fourth-order valence-corrected chi connectivity index (χ4v) is 5.26. The van der Waals surface area contributed by atoms with Crippen LogP contribution in [0.4, 0.5) is 4.39 Å². The second-order valence-corrected chi connectivity index (χ2v) is 10.1. The number of rotatable bonds is 10. The van der Waals surface area contributed by atoms with E-state index in [4.69, 9.17) is 4.74 Å². The summed E-state index contributed by atoms with van der Waals surface area (Å²) < 4.78 is 20.1. The smallest absolute Gasteiger partial charge is 0.335 e. The lowest BCUT2D eigenvalue weighted by molar-refractivity contribution is -0.0169. The van der Waals surface area contributed by atoms with E-state index in [-0.39, 0.29) is 24.6 Å². The molecule has 0 spiro atoms. The van der Waals surface area contributed by atoms with Crippen molar-refractivity contribution in [3.63, 3.8) is 0 Å². The van der Waals surface area contributed by atoms with Gasteiger partial charge in [-0.1, -0.05) is 48.5 Å². The molecule has 0 unspecified atom stereocenters. The number of hydrogen-bond donors (Lipinski definition) is 2. The maximum Gasteiger partial charge on any atom is 0.335 e. The Kier molecular flexibility index (Phi) is 8.75. The van der Waals surface area contributed by atoms with Crippen LogP contribution < -0.4 is 0 Å². The fraction of sp³-hybridized carbons (Fsp3) is 0.387. The van der Waals surface area contributed by atoms with Crippen molar-refractivity contribution in [2.45, 2.75) is 58.3 Å². The van der Waals surface area contributed by atoms with Crippen LogP contribution in [-0.2, 0) is 11.2 Å². The first-order chi connectivity index (χ1) is 17.7. The summed E-state index contributed by atoms with van der Waals surface area (Å²) in [6, 6.07) is 19.0. The largest absolute Gasteiger partial charge is 0.478 e. The molecule has 6 heteroatoms. The molecular formula is C31H36FNO4. The van der Waals surface area contributed by atoms with E-state index >= 15 is 0 Å². The van der Waals surface area contributed by atoms with E-state index in [1.165, 1.54) is 0 Å². The van der Waals surface area contributed by atoms with Gasteiger partial charge in [0.05, 0.1) is 24.4 Å². The SMILES string of the molecule is Cc1ccc(C[C@@H]2CCCN2C[C@@H](O)CO[C@H](C)c2ccccc2-c2ccc(C(=O)O)c(C)c2)cc1F. The first-order valence-corrected chi connectivity index (χ1v) is 12.9. The molecule has 0 saturated carbocycles. The van der Waals surface area contributed by atoms with Gasteiger partial charge in [0.2, 0.25) is 0 Å². The Balaban J connectivity index is 1.36. The Morgan fingerprint density at radius 3 is 2.62 bits per heavy atom. The van der Waals surface area contributed by atoms with Crippen LogP contribution in [0.1, 0.15) is 58.5 Å². The number of likely N-dealkylation sites (tertiary alicyclic amines) is 1. The Morgan fingerprint density at radius 1 is 1.11 bits per heavy atom. The molecule has 3 aromatic rings. The molecule has 196 valence electrons. The molecular weight excluding hydrogens is 469 g/mol. The normalized spacial score (nSPS) is 17.6. The molecule has 4 rings (SSSR count). The number of hydrogen-bond acceptors (Lipinski definition) is 4. The first-order valence-electron chi connectivity index (χ1n) is 12.9. The monoisotopic (exact) mass is 505 g/mol. The maximum atomic E-state index is 14.0. The van der Waals surface area contributed by atoms with Gasteiger partial charge in [-0.05, 0) is 92.1 Å². The van der Waals surface area contributed by atoms with Crippen molar-refractivity contribution < 1.29 is 24.1 Å². The van der Waals surface area contributed by atoms with Gasteiger partial charge in [0.25, 0.3) is 0 Å². The summed E-state index contributed by atoms with van der Waals surface area (Å²) in [7, 11) is 0. The average Bonchev–Trinajstić information content (AvgIpc) is 3.30. The van der Waals surface area contributed by atoms with Gasteiger partial charge >= 0.3 is 5.97 Å². The number of aryl methyl sites for hydroxylation is 2. The highest BCUT2D eigenvalue weighted by molar-refractivity contribution is 5.90. The minimum atomic E-state index is -0.936. The predicted molar refractivity (Wildman–Crippen MR) is 143 cm³/mol. The van der Waals surface area contributed by atoms with E-state index in [0.29, 0.717) is 23.2 Å². The predicted octanol–water partition coefficient (Wildman–Crippen LogP) is 5.95. The first kappa shape index (κ1) is 27.0. The summed E-state index contributed by atoms with van der Waals surface area (Å²) in [5.41, 5.74) is 5.54. The summed E-state index contributed by atoms with van der Waals surface area (Å²) in [6.07, 6.45) is 1.98. The van der Waals surface area contributed by atoms with Crippen molar-refractivity contribution in [3.05, 3.63) is 94.3 Å². The van der Waals surface area contributed by atoms with Gasteiger partial charge in [0.15, 0.2) is 0 Å². The van der Waals surface area contributed by atoms with E-state index in [0.717, 1.165) is 48.1 Å². The summed E-state index contributed by atoms with van der Waals surface area (Å²) >= 11 is 0. The lowest BCUT2D eigenvalue weighted by Gasteiger charge is -2.28. The summed E-state index contributed by atoms with van der Waals surface area (Å²) in [6.45, 7) is 7.17. The highest BCUT2D eigenvalue weighted by Gasteiger charge is 2.27. The Hall–Kier alpha value is -3.06. The van der Waals surface area contributed by atoms with E-state index in [1.807, 2.05) is 55.5 Å². The van der Waals surface area contributed by atoms with Crippen molar-refractivity contribution in [3.8, 4) is 11.1 Å². The van der Waals surface area contributed by atoms with Gasteiger partial charge in [-0.25, -0.2) is 9.18 Å². The van der Waals surface area contributed by atoms with Crippen LogP contribution in [0.3, 0.4) is 0 Å². The number of carbonyl (C=O) groups is 1. The molecule has 0 amide bonds. The molecule has 3 aromatic carbocycles. The summed E-state index contributed by atoms with van der Waals surface area (Å²) in [5, 5.41) is 20.1. The molecule has 0 aliphatic carbocycles. The van der Waals surface area contributed by atoms with Gasteiger partial charge in [0, 0.05) is 12.6 Å². The Labute approximate surface area is 218 Å². The standard InChI is InChI=1S/C31H36FNO4/c1-20-10-11-23(17-30(20)32)16-25-7-6-14-33(25)18-26(34)19-37-22(3)28-8-4-5-9-29(28)24-12-13-27(31(35)36)21(2)15-24/h4-5,8-13,15,17,22,25-26,34H,6-7,14,16,18-19H2,1-3H3,(H,35,36)/t22-,25+,26-/m1/s1. The quantitative estimate of drug-likeness (QED) is 0.356. The molecule has 1 fully saturated rings. The number of ether oxygens (including phenoxy) is 1. The molecule has 1 heterocycles. The maximum absolute atomic E-state index is 14.0. The van der Waals surface area contributed by atoms with Gasteiger partial charge in [-0.15, -0.1) is 0 Å². The minimum Gasteiger partial charge on any atom is -0.478 e. The van der Waals surface area contributed by atoms with Gasteiger partial charge < -0.3 is 14.9 Å². The van der Waals surface area contributed by atoms with Crippen LogP contribution in [0.25, 0.3) is 11.1 Å². The zero-order valence-electron chi connectivity index (χ0n) is 21.8. The molecule has 0 bridgehead atoms. The van der Waals surface area contributed by atoms with Crippen LogP contribution in [0.2, 0.25) is 0 Å². The average molecular weight is 506 g/mol. The second-order valence-electron chi connectivity index (χ2n) is 10.1. The van der Waals surface area contributed by atoms with Gasteiger partial charge in [-0.3, -0.25) is 4.90 Å². The number of nitrogens with zero attached hydrogens (tertiary/aromatic N) is 1. The van der Waals surface area contributed by atoms with Gasteiger partial charge in [0.1, 0.15) is 5.82 Å². The zero-order chi connectivity index (χ0) is 26.5. The van der Waals surface area contributed by atoms with Crippen molar-refractivity contribution in [2.24, 2.45) is 0 Å². The molecule has 1 saturated heterocycles. The lowest BCUT2D eigenvalue weighted by atomic mass is 9.94. The number of halogens is 1. The van der Waals surface area contributed by atoms with Gasteiger partial charge in [-0.2, -0.15) is 0 Å². The number of aromatic carboxylic acids is 1. The summed E-state index contributed by atoms with van der Waals surface area (Å²) in [4.78, 5) is 13.7. The van der Waals surface area contributed by atoms with Crippen molar-refractivity contribution in [2.75, 3.05) is 19.7 Å². The van der Waals surface area contributed by atoms with E-state index < -0.39 is 12.1 Å². The zero-order valence-corrected chi connectivity index (χ0v) is 21.8.